The van der Waals surface area contributed by atoms with Crippen molar-refractivity contribution in [3.63, 3.8) is 0 Å². The molecular formula is C29H39N3O2. The van der Waals surface area contributed by atoms with E-state index in [1.54, 1.807) is 0 Å². The van der Waals surface area contributed by atoms with Gasteiger partial charge >= 0.3 is 5.97 Å². The molecule has 2 bridgehead atoms. The summed E-state index contributed by atoms with van der Waals surface area (Å²) in [6.07, 6.45) is 3.08. The van der Waals surface area contributed by atoms with Crippen LogP contribution in [0.2, 0.25) is 0 Å². The number of hydrogen-bond donors (Lipinski definition) is 0. The number of esters is 1. The second kappa shape index (κ2) is 9.80. The van der Waals surface area contributed by atoms with Crippen LogP contribution in [0.25, 0.3) is 0 Å². The molecule has 4 fully saturated rings. The summed E-state index contributed by atoms with van der Waals surface area (Å²) in [4.78, 5) is 20.2. The van der Waals surface area contributed by atoms with E-state index in [0.717, 1.165) is 45.4 Å². The first-order chi connectivity index (χ1) is 16.4. The number of benzene rings is 2. The highest BCUT2D eigenvalue weighted by atomic mass is 16.5. The van der Waals surface area contributed by atoms with Crippen molar-refractivity contribution in [2.75, 3.05) is 53.9 Å². The fourth-order valence-corrected chi connectivity index (χ4v) is 6.79. The van der Waals surface area contributed by atoms with Crippen molar-refractivity contribution in [1.82, 2.24) is 14.7 Å². The Kier molecular flexibility index (Phi) is 6.79. The van der Waals surface area contributed by atoms with Gasteiger partial charge in [-0.25, -0.2) is 0 Å². The number of carbonyl (C=O) groups is 1. The lowest BCUT2D eigenvalue weighted by molar-refractivity contribution is -0.168. The molecule has 3 unspecified atom stereocenters. The molecule has 0 amide bonds. The van der Waals surface area contributed by atoms with Gasteiger partial charge in [-0.2, -0.15) is 0 Å². The minimum atomic E-state index is -0.0692. The maximum atomic E-state index is 13.2. The van der Waals surface area contributed by atoms with Crippen molar-refractivity contribution >= 4 is 5.97 Å². The molecule has 6 rings (SSSR count). The summed E-state index contributed by atoms with van der Waals surface area (Å²) in [7, 11) is 6.56. The van der Waals surface area contributed by atoms with Gasteiger partial charge in [0.2, 0.25) is 0 Å². The predicted octanol–water partition coefficient (Wildman–Crippen LogP) is 3.83. The van der Waals surface area contributed by atoms with Gasteiger partial charge in [0, 0.05) is 44.1 Å². The number of ether oxygens (including phenoxy) is 1. The molecule has 2 aromatic carbocycles. The second-order valence-corrected chi connectivity index (χ2v) is 11.0. The monoisotopic (exact) mass is 461 g/mol. The van der Waals surface area contributed by atoms with Gasteiger partial charge < -0.3 is 14.5 Å². The maximum absolute atomic E-state index is 13.2. The molecule has 1 aliphatic heterocycles. The standard InChI is InChI=1S/C29H39N3O2/c1-30(2)29-18-24(22-10-6-4-7-11-22)28(25(19-29)23-12-8-5-9-13-23)26(20-29)34-27(33)21-32-16-14-31(3)15-17-32/h4-13,24-26,28H,14-21H2,1-3H3. The van der Waals surface area contributed by atoms with Gasteiger partial charge in [-0.3, -0.25) is 9.69 Å². The van der Waals surface area contributed by atoms with Crippen molar-refractivity contribution in [3.8, 4) is 0 Å². The number of rotatable bonds is 6. The number of fused-ring (bicyclic) bond motifs is 3. The highest BCUT2D eigenvalue weighted by Gasteiger charge is 2.58. The molecule has 3 atom stereocenters. The van der Waals surface area contributed by atoms with E-state index in [2.05, 4.69) is 96.5 Å². The average molecular weight is 462 g/mol. The molecule has 1 saturated heterocycles. The molecule has 0 N–H and O–H groups in total. The third-order valence-electron chi connectivity index (χ3n) is 8.77. The zero-order valence-electron chi connectivity index (χ0n) is 20.9. The fourth-order valence-electron chi connectivity index (χ4n) is 6.79. The van der Waals surface area contributed by atoms with Crippen LogP contribution in [0.1, 0.15) is 42.2 Å². The summed E-state index contributed by atoms with van der Waals surface area (Å²) >= 11 is 0. The van der Waals surface area contributed by atoms with E-state index in [4.69, 9.17) is 4.74 Å². The van der Waals surface area contributed by atoms with Gasteiger partial charge in [0.25, 0.3) is 0 Å². The Morgan fingerprint density at radius 1 is 0.882 bits per heavy atom. The third-order valence-corrected chi connectivity index (χ3v) is 8.77. The summed E-state index contributed by atoms with van der Waals surface area (Å²) in [6, 6.07) is 21.8. The summed E-state index contributed by atoms with van der Waals surface area (Å²) in [5, 5.41) is 0. The van der Waals surface area contributed by atoms with Gasteiger partial charge in [-0.05, 0) is 56.9 Å². The Bertz CT molecular complexity index is 906. The van der Waals surface area contributed by atoms with Gasteiger partial charge in [0.1, 0.15) is 6.10 Å². The Balaban J connectivity index is 1.45. The quantitative estimate of drug-likeness (QED) is 0.611. The minimum Gasteiger partial charge on any atom is -0.461 e. The minimum absolute atomic E-state index is 0.0224. The zero-order chi connectivity index (χ0) is 23.7. The predicted molar refractivity (Wildman–Crippen MR) is 136 cm³/mol. The first-order valence-electron chi connectivity index (χ1n) is 12.8. The second-order valence-electron chi connectivity index (χ2n) is 11.0. The van der Waals surface area contributed by atoms with Crippen LogP contribution in [0.4, 0.5) is 0 Å². The molecule has 4 aliphatic rings. The Morgan fingerprint density at radius 2 is 1.41 bits per heavy atom. The van der Waals surface area contributed by atoms with E-state index in [0.29, 0.717) is 24.3 Å². The van der Waals surface area contributed by atoms with Gasteiger partial charge in [0.05, 0.1) is 6.54 Å². The number of nitrogens with zero attached hydrogens (tertiary/aromatic N) is 3. The molecule has 2 aromatic rings. The van der Waals surface area contributed by atoms with E-state index in [-0.39, 0.29) is 17.6 Å². The molecule has 3 aliphatic carbocycles. The molecule has 0 spiro atoms. The molecule has 1 heterocycles. The largest absolute Gasteiger partial charge is 0.461 e. The smallest absolute Gasteiger partial charge is 0.320 e. The lowest BCUT2D eigenvalue weighted by Crippen LogP contribution is -2.61. The van der Waals surface area contributed by atoms with E-state index in [1.807, 2.05) is 0 Å². The van der Waals surface area contributed by atoms with Crippen molar-refractivity contribution in [1.29, 1.82) is 0 Å². The van der Waals surface area contributed by atoms with Crippen molar-refractivity contribution in [2.45, 2.75) is 42.7 Å². The molecule has 5 nitrogen and oxygen atoms in total. The summed E-state index contributed by atoms with van der Waals surface area (Å²) in [5.74, 6) is 0.980. The van der Waals surface area contributed by atoms with Gasteiger partial charge in [0.15, 0.2) is 0 Å². The molecule has 5 heteroatoms. The Morgan fingerprint density at radius 3 is 1.91 bits per heavy atom. The van der Waals surface area contributed by atoms with Crippen molar-refractivity contribution in [2.24, 2.45) is 5.92 Å². The van der Waals surface area contributed by atoms with E-state index < -0.39 is 0 Å². The van der Waals surface area contributed by atoms with Gasteiger partial charge in [-0.1, -0.05) is 60.7 Å². The van der Waals surface area contributed by atoms with E-state index in [1.165, 1.54) is 11.1 Å². The number of piperazine rings is 1. The van der Waals surface area contributed by atoms with Crippen LogP contribution in [0, 0.1) is 5.92 Å². The van der Waals surface area contributed by atoms with E-state index >= 15 is 0 Å². The van der Waals surface area contributed by atoms with Gasteiger partial charge in [-0.15, -0.1) is 0 Å². The first-order valence-corrected chi connectivity index (χ1v) is 12.8. The summed E-state index contributed by atoms with van der Waals surface area (Å²) < 4.78 is 6.41. The molecular weight excluding hydrogens is 422 g/mol. The van der Waals surface area contributed by atoms with Crippen LogP contribution in [0.15, 0.2) is 60.7 Å². The fraction of sp³-hybridized carbons (Fsp3) is 0.552. The van der Waals surface area contributed by atoms with Crippen LogP contribution in [0.5, 0.6) is 0 Å². The Hall–Kier alpha value is -2.21. The number of likely N-dealkylation sites (N-methyl/N-ethyl adjacent to an activating group) is 1. The SMILES string of the molecule is CN1CCN(CC(=O)OC2CC3(N(C)C)CC(c4ccccc4)C2C(c2ccccc2)C3)CC1. The van der Waals surface area contributed by atoms with E-state index in [9.17, 15) is 4.79 Å². The van der Waals surface area contributed by atoms with Crippen LogP contribution >= 0.6 is 0 Å². The van der Waals surface area contributed by atoms with Crippen LogP contribution in [-0.2, 0) is 9.53 Å². The van der Waals surface area contributed by atoms with Crippen molar-refractivity contribution in [3.05, 3.63) is 71.8 Å². The number of carbonyl (C=O) groups excluding carboxylic acids is 1. The maximum Gasteiger partial charge on any atom is 0.320 e. The zero-order valence-corrected chi connectivity index (χ0v) is 20.9. The molecule has 3 saturated carbocycles. The Labute approximate surface area is 204 Å². The van der Waals surface area contributed by atoms with Crippen LogP contribution in [-0.4, -0.2) is 86.2 Å². The lowest BCUT2D eigenvalue weighted by Gasteiger charge is -2.60. The molecule has 182 valence electrons. The summed E-state index contributed by atoms with van der Waals surface area (Å²) in [5.41, 5.74) is 2.77. The summed E-state index contributed by atoms with van der Waals surface area (Å²) in [6.45, 7) is 4.28. The average Bonchev–Trinajstić information content (AvgIpc) is 2.86. The number of hydrogen-bond acceptors (Lipinski definition) is 5. The van der Waals surface area contributed by atoms with Crippen molar-refractivity contribution < 1.29 is 9.53 Å². The third kappa shape index (κ3) is 4.66. The van der Waals surface area contributed by atoms with Crippen LogP contribution < -0.4 is 0 Å². The lowest BCUT2D eigenvalue weighted by atomic mass is 9.52. The topological polar surface area (TPSA) is 36.0 Å². The van der Waals surface area contributed by atoms with Crippen LogP contribution in [0.3, 0.4) is 0 Å². The molecule has 0 radical (unpaired) electrons. The first kappa shape index (κ1) is 23.5. The molecule has 34 heavy (non-hydrogen) atoms. The highest BCUT2D eigenvalue weighted by molar-refractivity contribution is 5.72. The molecule has 0 aromatic heterocycles. The normalized spacial score (nSPS) is 32.1. The highest BCUT2D eigenvalue weighted by Crippen LogP contribution is 2.60.